The molecule has 0 aliphatic rings. The van der Waals surface area contributed by atoms with Gasteiger partial charge in [0.15, 0.2) is 0 Å². The fourth-order valence-electron chi connectivity index (χ4n) is 2.06. The second-order valence-electron chi connectivity index (χ2n) is 5.04. The molecule has 2 rings (SSSR count). The Kier molecular flexibility index (Phi) is 6.23. The van der Waals surface area contributed by atoms with Crippen molar-refractivity contribution in [2.75, 3.05) is 17.6 Å². The molecule has 0 fully saturated rings. The minimum Gasteiger partial charge on any atom is -0.352 e. The van der Waals surface area contributed by atoms with Crippen LogP contribution < -0.4 is 10.6 Å². The largest absolute Gasteiger partial charge is 0.352 e. The van der Waals surface area contributed by atoms with E-state index in [1.54, 1.807) is 24.3 Å². The normalized spacial score (nSPS) is 10.2. The van der Waals surface area contributed by atoms with Gasteiger partial charge in [-0.3, -0.25) is 9.59 Å². The van der Waals surface area contributed by atoms with Crippen molar-refractivity contribution >= 4 is 29.3 Å². The van der Waals surface area contributed by atoms with Crippen LogP contribution in [-0.4, -0.2) is 24.1 Å². The van der Waals surface area contributed by atoms with Crippen LogP contribution in [0.5, 0.6) is 0 Å². The number of amides is 2. The number of aryl methyl sites for hydroxylation is 1. The van der Waals surface area contributed by atoms with Gasteiger partial charge in [-0.1, -0.05) is 24.3 Å². The molecule has 0 aliphatic carbocycles. The highest BCUT2D eigenvalue weighted by molar-refractivity contribution is 8.00. The number of carbonyl (C=O) groups excluding carboxylic acids is 2. The summed E-state index contributed by atoms with van der Waals surface area (Å²) in [6.45, 7) is 4.46. The maximum Gasteiger partial charge on any atom is 0.251 e. The quantitative estimate of drug-likeness (QED) is 0.798. The zero-order chi connectivity index (χ0) is 16.7. The molecule has 0 heterocycles. The van der Waals surface area contributed by atoms with Crippen LogP contribution in [-0.2, 0) is 4.79 Å². The summed E-state index contributed by atoms with van der Waals surface area (Å²) < 4.78 is 0. The van der Waals surface area contributed by atoms with E-state index < -0.39 is 0 Å². The molecule has 0 bridgehead atoms. The number of hydrogen-bond acceptors (Lipinski definition) is 3. The van der Waals surface area contributed by atoms with Crippen molar-refractivity contribution in [3.05, 3.63) is 59.7 Å². The summed E-state index contributed by atoms with van der Waals surface area (Å²) in [7, 11) is 0. The molecule has 120 valence electrons. The molecule has 0 saturated heterocycles. The Balaban J connectivity index is 1.94. The summed E-state index contributed by atoms with van der Waals surface area (Å²) in [5, 5.41) is 5.57. The molecule has 0 unspecified atom stereocenters. The molecule has 0 saturated carbocycles. The summed E-state index contributed by atoms with van der Waals surface area (Å²) >= 11 is 1.50. The van der Waals surface area contributed by atoms with Gasteiger partial charge in [-0.25, -0.2) is 0 Å². The molecule has 2 aromatic carbocycles. The fourth-order valence-corrected chi connectivity index (χ4v) is 2.89. The minimum absolute atomic E-state index is 0.0914. The van der Waals surface area contributed by atoms with Gasteiger partial charge in [-0.2, -0.15) is 0 Å². The summed E-state index contributed by atoms with van der Waals surface area (Å²) in [4.78, 5) is 25.0. The van der Waals surface area contributed by atoms with Crippen molar-refractivity contribution in [1.29, 1.82) is 0 Å². The van der Waals surface area contributed by atoms with Crippen molar-refractivity contribution in [3.8, 4) is 0 Å². The summed E-state index contributed by atoms with van der Waals surface area (Å²) in [6, 6.07) is 14.9. The molecule has 2 aromatic rings. The zero-order valence-electron chi connectivity index (χ0n) is 13.3. The Morgan fingerprint density at radius 1 is 1.09 bits per heavy atom. The molecule has 2 amide bonds. The van der Waals surface area contributed by atoms with Gasteiger partial charge in [0.05, 0.1) is 5.75 Å². The van der Waals surface area contributed by atoms with Crippen LogP contribution in [0, 0.1) is 6.92 Å². The first kappa shape index (κ1) is 17.1. The Labute approximate surface area is 140 Å². The van der Waals surface area contributed by atoms with Crippen LogP contribution in [0.15, 0.2) is 53.4 Å². The number of anilines is 1. The van der Waals surface area contributed by atoms with Gasteiger partial charge in [0.25, 0.3) is 5.91 Å². The second kappa shape index (κ2) is 8.39. The maximum absolute atomic E-state index is 12.1. The first-order chi connectivity index (χ1) is 11.1. The molecule has 5 heteroatoms. The Bertz CT molecular complexity index is 701. The van der Waals surface area contributed by atoms with Crippen molar-refractivity contribution in [3.63, 3.8) is 0 Å². The number of thioether (sulfide) groups is 1. The van der Waals surface area contributed by atoms with Crippen LogP contribution >= 0.6 is 11.8 Å². The van der Waals surface area contributed by atoms with Crippen LogP contribution in [0.25, 0.3) is 0 Å². The lowest BCUT2D eigenvalue weighted by atomic mass is 10.2. The molecule has 23 heavy (non-hydrogen) atoms. The number of nitrogens with one attached hydrogen (secondary N) is 2. The van der Waals surface area contributed by atoms with E-state index in [9.17, 15) is 9.59 Å². The first-order valence-corrected chi connectivity index (χ1v) is 8.45. The smallest absolute Gasteiger partial charge is 0.251 e. The summed E-state index contributed by atoms with van der Waals surface area (Å²) in [5.74, 6) is 0.0974. The van der Waals surface area contributed by atoms with Crippen molar-refractivity contribution < 1.29 is 9.59 Å². The van der Waals surface area contributed by atoms with Gasteiger partial charge >= 0.3 is 0 Å². The number of benzene rings is 2. The lowest BCUT2D eigenvalue weighted by Crippen LogP contribution is -2.23. The summed E-state index contributed by atoms with van der Waals surface area (Å²) in [5.41, 5.74) is 2.32. The molecule has 4 nitrogen and oxygen atoms in total. The van der Waals surface area contributed by atoms with E-state index >= 15 is 0 Å². The van der Waals surface area contributed by atoms with Gasteiger partial charge in [0.1, 0.15) is 0 Å². The monoisotopic (exact) mass is 328 g/mol. The lowest BCUT2D eigenvalue weighted by Gasteiger charge is -2.08. The molecule has 0 aliphatic heterocycles. The van der Waals surface area contributed by atoms with Crippen molar-refractivity contribution in [2.45, 2.75) is 18.7 Å². The zero-order valence-corrected chi connectivity index (χ0v) is 14.1. The average molecular weight is 328 g/mol. The molecule has 0 radical (unpaired) electrons. The van der Waals surface area contributed by atoms with Crippen LogP contribution in [0.4, 0.5) is 5.69 Å². The van der Waals surface area contributed by atoms with E-state index in [1.165, 1.54) is 11.8 Å². The van der Waals surface area contributed by atoms with E-state index in [0.29, 0.717) is 23.5 Å². The van der Waals surface area contributed by atoms with E-state index in [-0.39, 0.29) is 11.8 Å². The number of rotatable bonds is 6. The Hall–Kier alpha value is -2.27. The standard InChI is InChI=1S/C18H20N2O2S/c1-3-19-18(22)14-8-6-9-15(11-14)20-17(21)12-23-16-10-5-4-7-13(16)2/h4-11H,3,12H2,1-2H3,(H,19,22)(H,20,21). The van der Waals surface area contributed by atoms with E-state index in [1.807, 2.05) is 38.1 Å². The molecular formula is C18H20N2O2S. The SMILES string of the molecule is CCNC(=O)c1cccc(NC(=O)CSc2ccccc2C)c1. The fraction of sp³-hybridized carbons (Fsp3) is 0.222. The predicted molar refractivity (Wildman–Crippen MR) is 95.0 cm³/mol. The highest BCUT2D eigenvalue weighted by atomic mass is 32.2. The minimum atomic E-state index is -0.141. The second-order valence-corrected chi connectivity index (χ2v) is 6.06. The Morgan fingerprint density at radius 2 is 1.87 bits per heavy atom. The Morgan fingerprint density at radius 3 is 2.61 bits per heavy atom. The highest BCUT2D eigenvalue weighted by Crippen LogP contribution is 2.22. The lowest BCUT2D eigenvalue weighted by molar-refractivity contribution is -0.113. The van der Waals surface area contributed by atoms with Gasteiger partial charge in [0.2, 0.25) is 5.91 Å². The maximum atomic E-state index is 12.1. The highest BCUT2D eigenvalue weighted by Gasteiger charge is 2.08. The van der Waals surface area contributed by atoms with Crippen molar-refractivity contribution in [1.82, 2.24) is 5.32 Å². The molecule has 2 N–H and O–H groups in total. The summed E-state index contributed by atoms with van der Waals surface area (Å²) in [6.07, 6.45) is 0. The van der Waals surface area contributed by atoms with Gasteiger partial charge in [-0.05, 0) is 43.7 Å². The van der Waals surface area contributed by atoms with Gasteiger partial charge in [0, 0.05) is 22.7 Å². The van der Waals surface area contributed by atoms with E-state index in [2.05, 4.69) is 10.6 Å². The molecule has 0 spiro atoms. The molecule has 0 atom stereocenters. The van der Waals surface area contributed by atoms with Gasteiger partial charge < -0.3 is 10.6 Å². The van der Waals surface area contributed by atoms with Gasteiger partial charge in [-0.15, -0.1) is 11.8 Å². The topological polar surface area (TPSA) is 58.2 Å². The first-order valence-electron chi connectivity index (χ1n) is 7.46. The van der Waals surface area contributed by atoms with E-state index in [4.69, 9.17) is 0 Å². The molecule has 0 aromatic heterocycles. The van der Waals surface area contributed by atoms with Crippen molar-refractivity contribution in [2.24, 2.45) is 0 Å². The predicted octanol–water partition coefficient (Wildman–Crippen LogP) is 3.48. The third-order valence-electron chi connectivity index (χ3n) is 3.20. The third kappa shape index (κ3) is 5.14. The number of hydrogen-bond donors (Lipinski definition) is 2. The molecular weight excluding hydrogens is 308 g/mol. The van der Waals surface area contributed by atoms with E-state index in [0.717, 1.165) is 10.5 Å². The van der Waals surface area contributed by atoms with Crippen LogP contribution in [0.3, 0.4) is 0 Å². The number of carbonyl (C=O) groups is 2. The van der Waals surface area contributed by atoms with Crippen LogP contribution in [0.1, 0.15) is 22.8 Å². The van der Waals surface area contributed by atoms with Crippen LogP contribution in [0.2, 0.25) is 0 Å². The third-order valence-corrected chi connectivity index (χ3v) is 4.37. The average Bonchev–Trinajstić information content (AvgIpc) is 2.54.